The zero-order valence-corrected chi connectivity index (χ0v) is 9.29. The summed E-state index contributed by atoms with van der Waals surface area (Å²) >= 11 is 0. The van der Waals surface area contributed by atoms with Gasteiger partial charge in [-0.15, -0.1) is 0 Å². The molecule has 0 bridgehead atoms. The summed E-state index contributed by atoms with van der Waals surface area (Å²) in [6.07, 6.45) is 4.98. The first-order chi connectivity index (χ1) is 7.12. The van der Waals surface area contributed by atoms with Crippen molar-refractivity contribution in [2.75, 3.05) is 6.54 Å². The molecule has 0 amide bonds. The van der Waals surface area contributed by atoms with Gasteiger partial charge in [0.05, 0.1) is 5.54 Å². The minimum absolute atomic E-state index is 0.114. The minimum Gasteiger partial charge on any atom is -0.305 e. The molecule has 1 aliphatic rings. The lowest BCUT2D eigenvalue weighted by atomic mass is 9.85. The standard InChI is InChI=1S/C11H17N3O/c1-11(6-3-4-7-12-11)10(15)9-5-8-14(2)13-9/h5,8,12H,3-4,6-7H2,1-2H3. The second-order valence-corrected chi connectivity index (χ2v) is 4.42. The van der Waals surface area contributed by atoms with Crippen molar-refractivity contribution >= 4 is 5.78 Å². The molecule has 0 spiro atoms. The maximum absolute atomic E-state index is 12.2. The summed E-state index contributed by atoms with van der Waals surface area (Å²) in [5.41, 5.74) is 0.154. The van der Waals surface area contributed by atoms with Gasteiger partial charge in [-0.3, -0.25) is 9.48 Å². The van der Waals surface area contributed by atoms with Gasteiger partial charge in [0.15, 0.2) is 0 Å². The molecule has 15 heavy (non-hydrogen) atoms. The van der Waals surface area contributed by atoms with E-state index in [-0.39, 0.29) is 5.78 Å². The number of ketones is 1. The maximum atomic E-state index is 12.2. The summed E-state index contributed by atoms with van der Waals surface area (Å²) in [4.78, 5) is 12.2. The quantitative estimate of drug-likeness (QED) is 0.740. The lowest BCUT2D eigenvalue weighted by molar-refractivity contribution is 0.0828. The number of nitrogens with one attached hydrogen (secondary N) is 1. The largest absolute Gasteiger partial charge is 0.305 e. The normalized spacial score (nSPS) is 26.5. The van der Waals surface area contributed by atoms with Crippen molar-refractivity contribution in [1.82, 2.24) is 15.1 Å². The number of rotatable bonds is 2. The van der Waals surface area contributed by atoms with Gasteiger partial charge in [-0.1, -0.05) is 0 Å². The molecule has 2 rings (SSSR count). The molecule has 1 aromatic rings. The number of hydrogen-bond donors (Lipinski definition) is 1. The first-order valence-electron chi connectivity index (χ1n) is 5.41. The number of aromatic nitrogens is 2. The SMILES string of the molecule is Cn1ccc(C(=O)C2(C)CCCCN2)n1. The molecule has 1 saturated heterocycles. The van der Waals surface area contributed by atoms with Gasteiger partial charge in [-0.25, -0.2) is 0 Å². The number of hydrogen-bond acceptors (Lipinski definition) is 3. The lowest BCUT2D eigenvalue weighted by Crippen LogP contribution is -2.52. The summed E-state index contributed by atoms with van der Waals surface area (Å²) < 4.78 is 1.67. The summed E-state index contributed by atoms with van der Waals surface area (Å²) in [5, 5.41) is 7.46. The highest BCUT2D eigenvalue weighted by molar-refractivity contribution is 6.01. The van der Waals surface area contributed by atoms with Crippen molar-refractivity contribution in [2.24, 2.45) is 7.05 Å². The molecule has 4 heteroatoms. The zero-order chi connectivity index (χ0) is 10.9. The Hall–Kier alpha value is -1.16. The molecule has 0 aliphatic carbocycles. The van der Waals surface area contributed by atoms with Crippen LogP contribution in [-0.2, 0) is 7.05 Å². The molecular formula is C11H17N3O. The molecule has 2 heterocycles. The average molecular weight is 207 g/mol. The van der Waals surface area contributed by atoms with Gasteiger partial charge in [-0.2, -0.15) is 5.10 Å². The van der Waals surface area contributed by atoms with Gasteiger partial charge in [-0.05, 0) is 38.8 Å². The van der Waals surface area contributed by atoms with Crippen molar-refractivity contribution < 1.29 is 4.79 Å². The van der Waals surface area contributed by atoms with E-state index in [1.165, 1.54) is 0 Å². The molecule has 0 radical (unpaired) electrons. The van der Waals surface area contributed by atoms with Crippen molar-refractivity contribution in [1.29, 1.82) is 0 Å². The van der Waals surface area contributed by atoms with E-state index in [0.29, 0.717) is 5.69 Å². The third-order valence-electron chi connectivity index (χ3n) is 3.07. The highest BCUT2D eigenvalue weighted by atomic mass is 16.1. The molecule has 0 aromatic carbocycles. The highest BCUT2D eigenvalue weighted by Gasteiger charge is 2.35. The summed E-state index contributed by atoms with van der Waals surface area (Å²) in [6, 6.07) is 1.78. The number of Topliss-reactive ketones (excluding diaryl/α,β-unsaturated/α-hetero) is 1. The van der Waals surface area contributed by atoms with E-state index in [0.717, 1.165) is 25.8 Å². The van der Waals surface area contributed by atoms with Gasteiger partial charge in [0, 0.05) is 13.2 Å². The van der Waals surface area contributed by atoms with Crippen molar-refractivity contribution in [3.8, 4) is 0 Å². The van der Waals surface area contributed by atoms with E-state index in [4.69, 9.17) is 0 Å². The van der Waals surface area contributed by atoms with Crippen LogP contribution in [0.3, 0.4) is 0 Å². The van der Waals surface area contributed by atoms with Crippen LogP contribution in [0.4, 0.5) is 0 Å². The van der Waals surface area contributed by atoms with Crippen molar-refractivity contribution in [2.45, 2.75) is 31.7 Å². The fourth-order valence-electron chi connectivity index (χ4n) is 2.07. The van der Waals surface area contributed by atoms with E-state index >= 15 is 0 Å². The van der Waals surface area contributed by atoms with E-state index in [1.807, 2.05) is 14.0 Å². The molecular weight excluding hydrogens is 190 g/mol. The monoisotopic (exact) mass is 207 g/mol. The molecule has 82 valence electrons. The predicted molar refractivity (Wildman–Crippen MR) is 57.8 cm³/mol. The molecule has 0 saturated carbocycles. The van der Waals surface area contributed by atoms with Crippen LogP contribution in [0.15, 0.2) is 12.3 Å². The zero-order valence-electron chi connectivity index (χ0n) is 9.29. The summed E-state index contributed by atoms with van der Waals surface area (Å²) in [7, 11) is 1.83. The van der Waals surface area contributed by atoms with Gasteiger partial charge in [0.1, 0.15) is 5.69 Å². The second kappa shape index (κ2) is 3.77. The number of nitrogens with zero attached hydrogens (tertiary/aromatic N) is 2. The lowest BCUT2D eigenvalue weighted by Gasteiger charge is -2.32. The Labute approximate surface area is 89.7 Å². The Bertz CT molecular complexity index is 364. The van der Waals surface area contributed by atoms with Crippen molar-refractivity contribution in [3.63, 3.8) is 0 Å². The van der Waals surface area contributed by atoms with Crippen molar-refractivity contribution in [3.05, 3.63) is 18.0 Å². The second-order valence-electron chi connectivity index (χ2n) is 4.42. The number of carbonyl (C=O) groups excluding carboxylic acids is 1. The summed E-state index contributed by atoms with van der Waals surface area (Å²) in [5.74, 6) is 0.114. The fourth-order valence-corrected chi connectivity index (χ4v) is 2.07. The van der Waals surface area contributed by atoms with Crippen LogP contribution in [-0.4, -0.2) is 27.6 Å². The Morgan fingerprint density at radius 2 is 2.40 bits per heavy atom. The number of piperidine rings is 1. The van der Waals surface area contributed by atoms with E-state index in [1.54, 1.807) is 16.9 Å². The number of aryl methyl sites for hydroxylation is 1. The molecule has 1 aliphatic heterocycles. The third-order valence-corrected chi connectivity index (χ3v) is 3.07. The van der Waals surface area contributed by atoms with E-state index in [2.05, 4.69) is 10.4 Å². The van der Waals surface area contributed by atoms with Crippen LogP contribution >= 0.6 is 0 Å². The molecule has 1 N–H and O–H groups in total. The molecule has 1 atom stereocenters. The Morgan fingerprint density at radius 1 is 1.60 bits per heavy atom. The third kappa shape index (κ3) is 1.95. The van der Waals surface area contributed by atoms with Crippen LogP contribution in [0.25, 0.3) is 0 Å². The van der Waals surface area contributed by atoms with Crippen LogP contribution < -0.4 is 5.32 Å². The molecule has 1 unspecified atom stereocenters. The van der Waals surface area contributed by atoms with E-state index in [9.17, 15) is 4.79 Å². The smallest absolute Gasteiger partial charge is 0.202 e. The topological polar surface area (TPSA) is 46.9 Å². The minimum atomic E-state index is -0.410. The Balaban J connectivity index is 2.19. The molecule has 4 nitrogen and oxygen atoms in total. The molecule has 1 aromatic heterocycles. The van der Waals surface area contributed by atoms with Gasteiger partial charge < -0.3 is 5.32 Å². The van der Waals surface area contributed by atoms with Gasteiger partial charge in [0.25, 0.3) is 0 Å². The van der Waals surface area contributed by atoms with Crippen LogP contribution in [0.2, 0.25) is 0 Å². The summed E-state index contributed by atoms with van der Waals surface area (Å²) in [6.45, 7) is 2.90. The van der Waals surface area contributed by atoms with Crippen LogP contribution in [0, 0.1) is 0 Å². The van der Waals surface area contributed by atoms with Gasteiger partial charge in [0.2, 0.25) is 5.78 Å². The highest BCUT2D eigenvalue weighted by Crippen LogP contribution is 2.22. The first-order valence-corrected chi connectivity index (χ1v) is 5.41. The van der Waals surface area contributed by atoms with Crippen LogP contribution in [0.1, 0.15) is 36.7 Å². The maximum Gasteiger partial charge on any atom is 0.202 e. The van der Waals surface area contributed by atoms with Gasteiger partial charge >= 0.3 is 0 Å². The average Bonchev–Trinajstić information content (AvgIpc) is 2.65. The Kier molecular flexibility index (Phi) is 2.61. The van der Waals surface area contributed by atoms with E-state index < -0.39 is 5.54 Å². The Morgan fingerprint density at radius 3 is 2.93 bits per heavy atom. The predicted octanol–water partition coefficient (Wildman–Crippen LogP) is 1.14. The first kappa shape index (κ1) is 10.4. The number of carbonyl (C=O) groups is 1. The molecule has 1 fully saturated rings. The van der Waals surface area contributed by atoms with Crippen LogP contribution in [0.5, 0.6) is 0 Å². The fraction of sp³-hybridized carbons (Fsp3) is 0.636.